The number of fused-ring (bicyclic) bond motifs is 1. The Morgan fingerprint density at radius 2 is 1.32 bits per heavy atom. The second-order valence-electron chi connectivity index (χ2n) is 9.06. The van der Waals surface area contributed by atoms with Crippen LogP contribution in [0.5, 0.6) is 0 Å². The molecule has 2 aromatic heterocycles. The first kappa shape index (κ1) is 23.9. The summed E-state index contributed by atoms with van der Waals surface area (Å²) in [5.41, 5.74) is 3.85. The van der Waals surface area contributed by atoms with Crippen LogP contribution in [0.2, 0.25) is 0 Å². The standard InChI is InChI=1S/C32H24FN3OS/c1-38(37)30-19-20-34-31(35-30)28-22-36(29-18-17-26(33)21-27(28)29)32(23-11-5-2-6-12-23,24-13-7-3-8-14-24)25-15-9-4-10-16-25/h2-22H,1H3. The fraction of sp³-hybridized carbons (Fsp3) is 0.0625. The van der Waals surface area contributed by atoms with Gasteiger partial charge in [0.05, 0.1) is 16.3 Å². The van der Waals surface area contributed by atoms with E-state index in [4.69, 9.17) is 0 Å². The molecule has 0 radical (unpaired) electrons. The van der Waals surface area contributed by atoms with E-state index >= 15 is 0 Å². The highest BCUT2D eigenvalue weighted by Gasteiger charge is 2.39. The summed E-state index contributed by atoms with van der Waals surface area (Å²) in [5, 5.41) is 1.10. The highest BCUT2D eigenvalue weighted by Crippen LogP contribution is 2.45. The van der Waals surface area contributed by atoms with E-state index in [-0.39, 0.29) is 5.82 Å². The van der Waals surface area contributed by atoms with E-state index in [1.807, 2.05) is 60.8 Å². The van der Waals surface area contributed by atoms with Gasteiger partial charge in [-0.25, -0.2) is 14.4 Å². The summed E-state index contributed by atoms with van der Waals surface area (Å²) < 4.78 is 29.1. The van der Waals surface area contributed by atoms with Crippen molar-refractivity contribution in [1.29, 1.82) is 0 Å². The Labute approximate surface area is 222 Å². The van der Waals surface area contributed by atoms with Gasteiger partial charge in [0.15, 0.2) is 5.82 Å². The Balaban J connectivity index is 1.77. The van der Waals surface area contributed by atoms with Crippen molar-refractivity contribution in [3.8, 4) is 11.4 Å². The molecule has 0 bridgehead atoms. The van der Waals surface area contributed by atoms with Gasteiger partial charge in [0, 0.05) is 29.6 Å². The molecule has 0 saturated heterocycles. The van der Waals surface area contributed by atoms with Crippen LogP contribution in [0.4, 0.5) is 4.39 Å². The van der Waals surface area contributed by atoms with Crippen LogP contribution < -0.4 is 0 Å². The van der Waals surface area contributed by atoms with Crippen LogP contribution in [0.25, 0.3) is 22.3 Å². The van der Waals surface area contributed by atoms with Crippen LogP contribution in [0.15, 0.2) is 133 Å². The van der Waals surface area contributed by atoms with Gasteiger partial charge in [-0.1, -0.05) is 91.0 Å². The number of hydrogen-bond donors (Lipinski definition) is 0. The van der Waals surface area contributed by atoms with Gasteiger partial charge in [-0.3, -0.25) is 4.21 Å². The number of nitrogens with zero attached hydrogens (tertiary/aromatic N) is 3. The van der Waals surface area contributed by atoms with E-state index in [0.29, 0.717) is 21.8 Å². The fourth-order valence-corrected chi connectivity index (χ4v) is 5.71. The lowest BCUT2D eigenvalue weighted by Crippen LogP contribution is -2.37. The molecule has 0 spiro atoms. The van der Waals surface area contributed by atoms with Crippen molar-refractivity contribution in [3.63, 3.8) is 0 Å². The van der Waals surface area contributed by atoms with Crippen molar-refractivity contribution in [1.82, 2.24) is 14.5 Å². The molecule has 0 fully saturated rings. The molecule has 0 saturated carbocycles. The number of halogens is 1. The monoisotopic (exact) mass is 517 g/mol. The molecule has 0 N–H and O–H groups in total. The molecule has 4 nitrogen and oxygen atoms in total. The number of aromatic nitrogens is 3. The van der Waals surface area contributed by atoms with E-state index in [9.17, 15) is 8.60 Å². The van der Waals surface area contributed by atoms with Crippen molar-refractivity contribution in [2.75, 3.05) is 6.26 Å². The topological polar surface area (TPSA) is 47.8 Å². The molecule has 0 amide bonds. The normalized spacial score (nSPS) is 12.5. The number of hydrogen-bond acceptors (Lipinski definition) is 3. The van der Waals surface area contributed by atoms with Gasteiger partial charge in [0.2, 0.25) is 0 Å². The summed E-state index contributed by atoms with van der Waals surface area (Å²) in [7, 11) is -1.28. The first-order valence-corrected chi connectivity index (χ1v) is 13.8. The zero-order chi connectivity index (χ0) is 26.1. The molecule has 1 unspecified atom stereocenters. The van der Waals surface area contributed by atoms with Gasteiger partial charge in [-0.15, -0.1) is 0 Å². The maximum atomic E-state index is 14.7. The van der Waals surface area contributed by atoms with Crippen molar-refractivity contribution in [2.24, 2.45) is 0 Å². The Kier molecular flexibility index (Phi) is 6.18. The zero-order valence-electron chi connectivity index (χ0n) is 20.7. The molecule has 6 rings (SSSR count). The van der Waals surface area contributed by atoms with Gasteiger partial charge in [0.1, 0.15) is 16.4 Å². The minimum atomic E-state index is -1.28. The first-order valence-electron chi connectivity index (χ1n) is 12.2. The minimum absolute atomic E-state index is 0.351. The molecule has 6 aromatic rings. The Bertz CT molecular complexity index is 1660. The van der Waals surface area contributed by atoms with Crippen LogP contribution in [0, 0.1) is 5.82 Å². The second-order valence-corrected chi connectivity index (χ2v) is 10.4. The summed E-state index contributed by atoms with van der Waals surface area (Å²) >= 11 is 0. The van der Waals surface area contributed by atoms with Gasteiger partial charge < -0.3 is 4.57 Å². The van der Waals surface area contributed by atoms with Gasteiger partial charge >= 0.3 is 0 Å². The third kappa shape index (κ3) is 3.94. The van der Waals surface area contributed by atoms with Crippen LogP contribution in [0.3, 0.4) is 0 Å². The molecule has 0 aliphatic carbocycles. The third-order valence-electron chi connectivity index (χ3n) is 6.87. The summed E-state index contributed by atoms with van der Waals surface area (Å²) in [4.78, 5) is 9.09. The summed E-state index contributed by atoms with van der Waals surface area (Å²) in [6.07, 6.45) is 5.18. The third-order valence-corrected chi connectivity index (χ3v) is 7.68. The maximum absolute atomic E-state index is 14.7. The SMILES string of the molecule is CS(=O)c1ccnc(-c2cn(C(c3ccccc3)(c3ccccc3)c3ccccc3)c3ccc(F)cc23)n1. The second kappa shape index (κ2) is 9.80. The maximum Gasteiger partial charge on any atom is 0.162 e. The molecular weight excluding hydrogens is 493 g/mol. The fourth-order valence-electron chi connectivity index (χ4n) is 5.25. The van der Waals surface area contributed by atoms with Crippen molar-refractivity contribution < 1.29 is 8.60 Å². The van der Waals surface area contributed by atoms with Crippen LogP contribution in [-0.2, 0) is 16.3 Å². The lowest BCUT2D eigenvalue weighted by atomic mass is 9.76. The largest absolute Gasteiger partial charge is 0.328 e. The van der Waals surface area contributed by atoms with E-state index in [2.05, 4.69) is 50.9 Å². The molecular formula is C32H24FN3OS. The molecule has 38 heavy (non-hydrogen) atoms. The summed E-state index contributed by atoms with van der Waals surface area (Å²) in [6.45, 7) is 0. The summed E-state index contributed by atoms with van der Waals surface area (Å²) in [5.74, 6) is 0.0478. The quantitative estimate of drug-likeness (QED) is 0.180. The van der Waals surface area contributed by atoms with Crippen molar-refractivity contribution >= 4 is 21.7 Å². The number of rotatable bonds is 6. The highest BCUT2D eigenvalue weighted by molar-refractivity contribution is 7.84. The lowest BCUT2D eigenvalue weighted by Gasteiger charge is -2.38. The lowest BCUT2D eigenvalue weighted by molar-refractivity contribution is 0.533. The predicted molar refractivity (Wildman–Crippen MR) is 150 cm³/mol. The van der Waals surface area contributed by atoms with Crippen molar-refractivity contribution in [3.05, 3.63) is 150 Å². The van der Waals surface area contributed by atoms with Crippen LogP contribution >= 0.6 is 0 Å². The Morgan fingerprint density at radius 1 is 0.763 bits per heavy atom. The molecule has 1 atom stereocenters. The minimum Gasteiger partial charge on any atom is -0.328 e. The van der Waals surface area contributed by atoms with Gasteiger partial charge in [-0.2, -0.15) is 0 Å². The Morgan fingerprint density at radius 3 is 1.84 bits per heavy atom. The summed E-state index contributed by atoms with van der Waals surface area (Å²) in [6, 6.07) is 37.4. The van der Waals surface area contributed by atoms with Crippen LogP contribution in [0.1, 0.15) is 16.7 Å². The molecule has 0 aliphatic rings. The smallest absolute Gasteiger partial charge is 0.162 e. The van der Waals surface area contributed by atoms with Crippen LogP contribution in [-0.4, -0.2) is 25.0 Å². The molecule has 6 heteroatoms. The molecule has 2 heterocycles. The average Bonchev–Trinajstić information content (AvgIpc) is 3.34. The average molecular weight is 518 g/mol. The first-order chi connectivity index (χ1) is 18.6. The highest BCUT2D eigenvalue weighted by atomic mass is 32.2. The van der Waals surface area contributed by atoms with E-state index in [1.54, 1.807) is 24.6 Å². The van der Waals surface area contributed by atoms with E-state index < -0.39 is 16.3 Å². The molecule has 186 valence electrons. The molecule has 0 aliphatic heterocycles. The zero-order valence-corrected chi connectivity index (χ0v) is 21.5. The van der Waals surface area contributed by atoms with Gasteiger partial charge in [-0.05, 0) is 41.0 Å². The van der Waals surface area contributed by atoms with E-state index in [0.717, 1.165) is 22.2 Å². The predicted octanol–water partition coefficient (Wildman–Crippen LogP) is 6.82. The van der Waals surface area contributed by atoms with Gasteiger partial charge in [0.25, 0.3) is 0 Å². The van der Waals surface area contributed by atoms with E-state index in [1.165, 1.54) is 12.1 Å². The van der Waals surface area contributed by atoms with Crippen molar-refractivity contribution in [2.45, 2.75) is 10.6 Å². The molecule has 4 aromatic carbocycles. The number of benzene rings is 4. The Hall–Kier alpha value is -4.42.